The molecule has 3 nitrogen and oxygen atoms in total. The number of benzene rings is 1. The number of nitrogens with one attached hydrogen (secondary N) is 1. The fourth-order valence-corrected chi connectivity index (χ4v) is 2.87. The van der Waals surface area contributed by atoms with Crippen molar-refractivity contribution in [3.8, 4) is 0 Å². The van der Waals surface area contributed by atoms with Crippen molar-refractivity contribution in [3.63, 3.8) is 0 Å². The molecule has 0 aliphatic rings. The summed E-state index contributed by atoms with van der Waals surface area (Å²) in [6, 6.07) is 11.7. The predicted octanol–water partition coefficient (Wildman–Crippen LogP) is 3.49. The monoisotopic (exact) mass is 370 g/mol. The maximum absolute atomic E-state index is 11.8. The Kier molecular flexibility index (Phi) is 4.60. The van der Waals surface area contributed by atoms with Gasteiger partial charge >= 0.3 is 0 Å². The Balaban J connectivity index is 2.01. The van der Waals surface area contributed by atoms with Crippen LogP contribution in [0.15, 0.2) is 56.3 Å². The Hall–Kier alpha value is -1.07. The summed E-state index contributed by atoms with van der Waals surface area (Å²) in [4.78, 5) is 11.8. The standard InChI is InChI=1S/C13H12Br2N2O/c14-10-8-12(15)13(18)17(9-10)7-6-16-11-4-2-1-3-5-11/h1-5,8-9,16H,6-7H2. The van der Waals surface area contributed by atoms with Crippen molar-refractivity contribution in [2.75, 3.05) is 11.9 Å². The lowest BCUT2D eigenvalue weighted by atomic mass is 10.3. The number of para-hydroxylation sites is 1. The molecule has 18 heavy (non-hydrogen) atoms. The van der Waals surface area contributed by atoms with Crippen LogP contribution in [0.2, 0.25) is 0 Å². The van der Waals surface area contributed by atoms with Gasteiger partial charge in [-0.15, -0.1) is 0 Å². The van der Waals surface area contributed by atoms with Gasteiger partial charge in [0.15, 0.2) is 0 Å². The first-order valence-corrected chi connectivity index (χ1v) is 7.10. The third kappa shape index (κ3) is 3.46. The minimum Gasteiger partial charge on any atom is -0.383 e. The van der Waals surface area contributed by atoms with E-state index >= 15 is 0 Å². The molecule has 1 heterocycles. The van der Waals surface area contributed by atoms with Crippen LogP contribution in [-0.4, -0.2) is 11.1 Å². The second-order valence-electron chi connectivity index (χ2n) is 3.80. The maximum Gasteiger partial charge on any atom is 0.264 e. The smallest absolute Gasteiger partial charge is 0.264 e. The highest BCUT2D eigenvalue weighted by atomic mass is 79.9. The molecule has 1 N–H and O–H groups in total. The number of nitrogens with zero attached hydrogens (tertiary/aromatic N) is 1. The Morgan fingerprint density at radius 1 is 1.17 bits per heavy atom. The van der Waals surface area contributed by atoms with E-state index in [0.717, 1.165) is 10.2 Å². The van der Waals surface area contributed by atoms with Crippen LogP contribution in [-0.2, 0) is 6.54 Å². The van der Waals surface area contributed by atoms with Gasteiger partial charge < -0.3 is 9.88 Å². The second kappa shape index (κ2) is 6.20. The molecule has 94 valence electrons. The summed E-state index contributed by atoms with van der Waals surface area (Å²) in [5, 5.41) is 3.27. The fourth-order valence-electron chi connectivity index (χ4n) is 1.61. The van der Waals surface area contributed by atoms with Crippen molar-refractivity contribution in [1.82, 2.24) is 4.57 Å². The van der Waals surface area contributed by atoms with Gasteiger partial charge in [0.2, 0.25) is 0 Å². The minimum absolute atomic E-state index is 0.0203. The second-order valence-corrected chi connectivity index (χ2v) is 5.57. The normalized spacial score (nSPS) is 10.3. The lowest BCUT2D eigenvalue weighted by Gasteiger charge is -2.09. The Labute approximate surface area is 122 Å². The van der Waals surface area contributed by atoms with Gasteiger partial charge in [-0.1, -0.05) is 18.2 Å². The molecule has 0 radical (unpaired) electrons. The first kappa shape index (κ1) is 13.4. The minimum atomic E-state index is -0.0203. The van der Waals surface area contributed by atoms with E-state index in [1.165, 1.54) is 0 Å². The Bertz CT molecular complexity index is 581. The number of rotatable bonds is 4. The first-order valence-electron chi connectivity index (χ1n) is 5.51. The SMILES string of the molecule is O=c1c(Br)cc(Br)cn1CCNc1ccccc1. The van der Waals surface area contributed by atoms with E-state index in [4.69, 9.17) is 0 Å². The lowest BCUT2D eigenvalue weighted by Crippen LogP contribution is -2.23. The number of hydrogen-bond acceptors (Lipinski definition) is 2. The summed E-state index contributed by atoms with van der Waals surface area (Å²) >= 11 is 6.62. The van der Waals surface area contributed by atoms with E-state index in [1.807, 2.05) is 30.3 Å². The summed E-state index contributed by atoms with van der Waals surface area (Å²) in [5.41, 5.74) is 1.03. The summed E-state index contributed by atoms with van der Waals surface area (Å²) in [5.74, 6) is 0. The number of aromatic nitrogens is 1. The third-order valence-electron chi connectivity index (χ3n) is 2.46. The quantitative estimate of drug-likeness (QED) is 0.892. The van der Waals surface area contributed by atoms with Gasteiger partial charge in [0.25, 0.3) is 5.56 Å². The van der Waals surface area contributed by atoms with Crippen LogP contribution < -0.4 is 10.9 Å². The van der Waals surface area contributed by atoms with E-state index in [1.54, 1.807) is 16.8 Å². The molecule has 1 aromatic carbocycles. The summed E-state index contributed by atoms with van der Waals surface area (Å²) in [6.45, 7) is 1.32. The van der Waals surface area contributed by atoms with E-state index < -0.39 is 0 Å². The molecule has 0 unspecified atom stereocenters. The number of hydrogen-bond donors (Lipinski definition) is 1. The molecule has 0 aliphatic heterocycles. The number of anilines is 1. The Morgan fingerprint density at radius 2 is 1.89 bits per heavy atom. The topological polar surface area (TPSA) is 34.0 Å². The predicted molar refractivity (Wildman–Crippen MR) is 81.0 cm³/mol. The molecular weight excluding hydrogens is 360 g/mol. The zero-order valence-corrected chi connectivity index (χ0v) is 12.7. The van der Waals surface area contributed by atoms with Crippen molar-refractivity contribution in [3.05, 3.63) is 61.9 Å². The van der Waals surface area contributed by atoms with E-state index in [9.17, 15) is 4.79 Å². The van der Waals surface area contributed by atoms with E-state index in [2.05, 4.69) is 37.2 Å². The molecule has 0 fully saturated rings. The summed E-state index contributed by atoms with van der Waals surface area (Å²) in [6.07, 6.45) is 1.79. The first-order chi connectivity index (χ1) is 8.66. The zero-order chi connectivity index (χ0) is 13.0. The van der Waals surface area contributed by atoms with Crippen LogP contribution in [0.25, 0.3) is 0 Å². The molecule has 5 heteroatoms. The largest absolute Gasteiger partial charge is 0.383 e. The average Bonchev–Trinajstić information content (AvgIpc) is 2.36. The molecule has 0 amide bonds. The number of pyridine rings is 1. The van der Waals surface area contributed by atoms with Crippen LogP contribution in [0, 0.1) is 0 Å². The molecule has 0 saturated carbocycles. The van der Waals surface area contributed by atoms with Gasteiger partial charge in [-0.2, -0.15) is 0 Å². The third-order valence-corrected chi connectivity index (χ3v) is 3.47. The molecule has 0 aliphatic carbocycles. The molecular formula is C13H12Br2N2O. The number of halogens is 2. The van der Waals surface area contributed by atoms with Gasteiger partial charge in [-0.25, -0.2) is 0 Å². The van der Waals surface area contributed by atoms with Crippen molar-refractivity contribution in [2.24, 2.45) is 0 Å². The van der Waals surface area contributed by atoms with Crippen LogP contribution in [0.1, 0.15) is 0 Å². The fraction of sp³-hybridized carbons (Fsp3) is 0.154. The highest BCUT2D eigenvalue weighted by molar-refractivity contribution is 9.11. The Morgan fingerprint density at radius 3 is 2.61 bits per heavy atom. The molecule has 1 aromatic heterocycles. The highest BCUT2D eigenvalue weighted by Crippen LogP contribution is 2.12. The average molecular weight is 372 g/mol. The van der Waals surface area contributed by atoms with Crippen LogP contribution >= 0.6 is 31.9 Å². The van der Waals surface area contributed by atoms with Crippen LogP contribution in [0.5, 0.6) is 0 Å². The molecule has 0 saturated heterocycles. The molecule has 0 bridgehead atoms. The molecule has 0 spiro atoms. The van der Waals surface area contributed by atoms with Crippen LogP contribution in [0.4, 0.5) is 5.69 Å². The molecule has 2 rings (SSSR count). The molecule has 2 aromatic rings. The van der Waals surface area contributed by atoms with E-state index in [0.29, 0.717) is 17.6 Å². The van der Waals surface area contributed by atoms with Crippen LogP contribution in [0.3, 0.4) is 0 Å². The lowest BCUT2D eigenvalue weighted by molar-refractivity contribution is 0.692. The van der Waals surface area contributed by atoms with Crippen molar-refractivity contribution in [1.29, 1.82) is 0 Å². The van der Waals surface area contributed by atoms with Crippen molar-refractivity contribution >= 4 is 37.5 Å². The van der Waals surface area contributed by atoms with Gasteiger partial charge in [0.1, 0.15) is 0 Å². The highest BCUT2D eigenvalue weighted by Gasteiger charge is 2.02. The van der Waals surface area contributed by atoms with Gasteiger partial charge in [0.05, 0.1) is 4.47 Å². The van der Waals surface area contributed by atoms with Gasteiger partial charge in [-0.3, -0.25) is 4.79 Å². The van der Waals surface area contributed by atoms with Crippen molar-refractivity contribution in [2.45, 2.75) is 6.54 Å². The van der Waals surface area contributed by atoms with Gasteiger partial charge in [0, 0.05) is 29.4 Å². The van der Waals surface area contributed by atoms with Gasteiger partial charge in [-0.05, 0) is 50.1 Å². The maximum atomic E-state index is 11.8. The summed E-state index contributed by atoms with van der Waals surface area (Å²) in [7, 11) is 0. The molecule has 0 atom stereocenters. The summed E-state index contributed by atoms with van der Waals surface area (Å²) < 4.78 is 3.12. The van der Waals surface area contributed by atoms with Crippen molar-refractivity contribution < 1.29 is 0 Å². The van der Waals surface area contributed by atoms with E-state index in [-0.39, 0.29) is 5.56 Å². The zero-order valence-electron chi connectivity index (χ0n) is 9.57.